The molecule has 18 heavy (non-hydrogen) atoms. The van der Waals surface area contributed by atoms with Crippen LogP contribution in [0.25, 0.3) is 0 Å². The SMILES string of the molecule is CCCCCCCC(=O)Oc1ccc(C)cc1O. The van der Waals surface area contributed by atoms with E-state index in [1.165, 1.54) is 19.3 Å². The number of benzene rings is 1. The smallest absolute Gasteiger partial charge is 0.311 e. The Hall–Kier alpha value is -1.51. The molecule has 1 aromatic carbocycles. The molecule has 0 unspecified atom stereocenters. The van der Waals surface area contributed by atoms with E-state index in [1.807, 2.05) is 13.0 Å². The van der Waals surface area contributed by atoms with Gasteiger partial charge in [-0.15, -0.1) is 0 Å². The fraction of sp³-hybridized carbons (Fsp3) is 0.533. The van der Waals surface area contributed by atoms with E-state index < -0.39 is 0 Å². The van der Waals surface area contributed by atoms with Crippen LogP contribution in [0.4, 0.5) is 0 Å². The molecule has 0 fully saturated rings. The summed E-state index contributed by atoms with van der Waals surface area (Å²) in [6, 6.07) is 5.02. The Labute approximate surface area is 109 Å². The van der Waals surface area contributed by atoms with Crippen molar-refractivity contribution in [2.45, 2.75) is 52.4 Å². The van der Waals surface area contributed by atoms with Gasteiger partial charge < -0.3 is 9.84 Å². The van der Waals surface area contributed by atoms with Crippen LogP contribution in [-0.2, 0) is 4.79 Å². The Balaban J connectivity index is 2.31. The van der Waals surface area contributed by atoms with E-state index in [-0.39, 0.29) is 17.5 Å². The summed E-state index contributed by atoms with van der Waals surface area (Å²) < 4.78 is 5.12. The molecule has 0 spiro atoms. The van der Waals surface area contributed by atoms with Crippen LogP contribution in [0.15, 0.2) is 18.2 Å². The average molecular weight is 250 g/mol. The molecular formula is C15H22O3. The largest absolute Gasteiger partial charge is 0.504 e. The van der Waals surface area contributed by atoms with Crippen LogP contribution in [-0.4, -0.2) is 11.1 Å². The van der Waals surface area contributed by atoms with Crippen LogP contribution >= 0.6 is 0 Å². The molecule has 0 radical (unpaired) electrons. The first-order valence-electron chi connectivity index (χ1n) is 6.63. The number of rotatable bonds is 7. The van der Waals surface area contributed by atoms with E-state index in [0.29, 0.717) is 6.42 Å². The minimum Gasteiger partial charge on any atom is -0.504 e. The molecule has 1 aromatic rings. The van der Waals surface area contributed by atoms with Gasteiger partial charge >= 0.3 is 5.97 Å². The Morgan fingerprint density at radius 2 is 1.94 bits per heavy atom. The number of unbranched alkanes of at least 4 members (excludes halogenated alkanes) is 4. The number of aryl methyl sites for hydroxylation is 1. The first-order chi connectivity index (χ1) is 8.63. The quantitative estimate of drug-likeness (QED) is 0.452. The van der Waals surface area contributed by atoms with Gasteiger partial charge in [0.2, 0.25) is 0 Å². The summed E-state index contributed by atoms with van der Waals surface area (Å²) in [5.41, 5.74) is 0.937. The van der Waals surface area contributed by atoms with Crippen LogP contribution in [0, 0.1) is 6.92 Å². The van der Waals surface area contributed by atoms with Crippen molar-refractivity contribution in [1.82, 2.24) is 0 Å². The summed E-state index contributed by atoms with van der Waals surface area (Å²) in [6.07, 6.45) is 5.90. The van der Waals surface area contributed by atoms with Gasteiger partial charge in [-0.3, -0.25) is 4.79 Å². The Kier molecular flexibility index (Phi) is 6.26. The zero-order chi connectivity index (χ0) is 13.4. The molecule has 0 aliphatic rings. The number of ether oxygens (including phenoxy) is 1. The first-order valence-corrected chi connectivity index (χ1v) is 6.63. The topological polar surface area (TPSA) is 46.5 Å². The molecule has 0 bridgehead atoms. The first kappa shape index (κ1) is 14.6. The zero-order valence-electron chi connectivity index (χ0n) is 11.2. The van der Waals surface area contributed by atoms with Crippen molar-refractivity contribution in [2.75, 3.05) is 0 Å². The van der Waals surface area contributed by atoms with Crippen LogP contribution in [0.5, 0.6) is 11.5 Å². The fourth-order valence-corrected chi connectivity index (χ4v) is 1.76. The monoisotopic (exact) mass is 250 g/mol. The standard InChI is InChI=1S/C15H22O3/c1-3-4-5-6-7-8-15(17)18-14-10-9-12(2)11-13(14)16/h9-11,16H,3-8H2,1-2H3. The molecule has 0 aliphatic heterocycles. The molecule has 1 N–H and O–H groups in total. The highest BCUT2D eigenvalue weighted by molar-refractivity contribution is 5.73. The van der Waals surface area contributed by atoms with E-state index in [2.05, 4.69) is 6.92 Å². The number of hydrogen-bond donors (Lipinski definition) is 1. The molecule has 0 saturated carbocycles. The molecule has 0 aromatic heterocycles. The van der Waals surface area contributed by atoms with Gasteiger partial charge in [-0.2, -0.15) is 0 Å². The van der Waals surface area contributed by atoms with Gasteiger partial charge in [0.1, 0.15) is 0 Å². The third kappa shape index (κ3) is 5.21. The third-order valence-corrected chi connectivity index (χ3v) is 2.82. The maximum absolute atomic E-state index is 11.5. The van der Waals surface area contributed by atoms with Gasteiger partial charge in [0, 0.05) is 6.42 Å². The van der Waals surface area contributed by atoms with Gasteiger partial charge in [0.25, 0.3) is 0 Å². The minimum absolute atomic E-state index is 0.0225. The van der Waals surface area contributed by atoms with Crippen molar-refractivity contribution < 1.29 is 14.6 Å². The molecule has 0 amide bonds. The van der Waals surface area contributed by atoms with Gasteiger partial charge in [-0.1, -0.05) is 38.7 Å². The van der Waals surface area contributed by atoms with Crippen molar-refractivity contribution >= 4 is 5.97 Å². The van der Waals surface area contributed by atoms with Crippen LogP contribution in [0.2, 0.25) is 0 Å². The molecule has 0 aliphatic carbocycles. The van der Waals surface area contributed by atoms with Crippen molar-refractivity contribution in [3.8, 4) is 11.5 Å². The minimum atomic E-state index is -0.273. The molecule has 0 heterocycles. The zero-order valence-corrected chi connectivity index (χ0v) is 11.2. The predicted molar refractivity (Wildman–Crippen MR) is 71.9 cm³/mol. The summed E-state index contributed by atoms with van der Waals surface area (Å²) in [6.45, 7) is 4.04. The maximum Gasteiger partial charge on any atom is 0.311 e. The molecule has 0 atom stereocenters. The Morgan fingerprint density at radius 1 is 1.22 bits per heavy atom. The lowest BCUT2D eigenvalue weighted by Gasteiger charge is -2.06. The van der Waals surface area contributed by atoms with Gasteiger partial charge in [-0.25, -0.2) is 0 Å². The average Bonchev–Trinajstić information content (AvgIpc) is 2.32. The second kappa shape index (κ2) is 7.75. The van der Waals surface area contributed by atoms with E-state index in [1.54, 1.807) is 12.1 Å². The number of hydrogen-bond acceptors (Lipinski definition) is 3. The van der Waals surface area contributed by atoms with Gasteiger partial charge in [-0.05, 0) is 31.0 Å². The lowest BCUT2D eigenvalue weighted by atomic mass is 10.1. The van der Waals surface area contributed by atoms with Crippen molar-refractivity contribution in [1.29, 1.82) is 0 Å². The molecule has 3 heteroatoms. The molecule has 100 valence electrons. The number of carbonyl (C=O) groups excluding carboxylic acids is 1. The highest BCUT2D eigenvalue weighted by atomic mass is 16.5. The van der Waals surface area contributed by atoms with Crippen LogP contribution in [0.3, 0.4) is 0 Å². The van der Waals surface area contributed by atoms with Crippen LogP contribution < -0.4 is 4.74 Å². The second-order valence-electron chi connectivity index (χ2n) is 4.61. The summed E-state index contributed by atoms with van der Waals surface area (Å²) in [5, 5.41) is 9.60. The highest BCUT2D eigenvalue weighted by Gasteiger charge is 2.08. The number of aromatic hydroxyl groups is 1. The molecule has 3 nitrogen and oxygen atoms in total. The predicted octanol–water partition coefficient (Wildman–Crippen LogP) is 3.97. The summed E-state index contributed by atoms with van der Waals surface area (Å²) >= 11 is 0. The normalized spacial score (nSPS) is 10.3. The van der Waals surface area contributed by atoms with E-state index in [0.717, 1.165) is 18.4 Å². The van der Waals surface area contributed by atoms with E-state index in [9.17, 15) is 9.90 Å². The lowest BCUT2D eigenvalue weighted by Crippen LogP contribution is -2.07. The fourth-order valence-electron chi connectivity index (χ4n) is 1.76. The summed E-state index contributed by atoms with van der Waals surface area (Å²) in [4.78, 5) is 11.5. The van der Waals surface area contributed by atoms with E-state index >= 15 is 0 Å². The van der Waals surface area contributed by atoms with E-state index in [4.69, 9.17) is 4.74 Å². The van der Waals surface area contributed by atoms with Crippen molar-refractivity contribution in [3.05, 3.63) is 23.8 Å². The highest BCUT2D eigenvalue weighted by Crippen LogP contribution is 2.26. The van der Waals surface area contributed by atoms with Crippen molar-refractivity contribution in [3.63, 3.8) is 0 Å². The second-order valence-corrected chi connectivity index (χ2v) is 4.61. The number of carbonyl (C=O) groups is 1. The Bertz CT molecular complexity index is 385. The molecular weight excluding hydrogens is 228 g/mol. The lowest BCUT2D eigenvalue weighted by molar-refractivity contribution is -0.134. The number of phenols is 1. The summed E-state index contributed by atoms with van der Waals surface area (Å²) in [5.74, 6) is -0.000794. The number of phenolic OH excluding ortho intramolecular Hbond substituents is 1. The Morgan fingerprint density at radius 3 is 2.61 bits per heavy atom. The van der Waals surface area contributed by atoms with Gasteiger partial charge in [0.15, 0.2) is 11.5 Å². The summed E-state index contributed by atoms with van der Waals surface area (Å²) in [7, 11) is 0. The maximum atomic E-state index is 11.5. The molecule has 0 saturated heterocycles. The molecule has 1 rings (SSSR count). The third-order valence-electron chi connectivity index (χ3n) is 2.82. The van der Waals surface area contributed by atoms with Crippen molar-refractivity contribution in [2.24, 2.45) is 0 Å². The van der Waals surface area contributed by atoms with Gasteiger partial charge in [0.05, 0.1) is 0 Å². The number of esters is 1. The van der Waals surface area contributed by atoms with Crippen LogP contribution in [0.1, 0.15) is 51.0 Å².